The third-order valence-electron chi connectivity index (χ3n) is 3.29. The van der Waals surface area contributed by atoms with Crippen molar-refractivity contribution in [3.8, 4) is 0 Å². The molecule has 6 heteroatoms. The van der Waals surface area contributed by atoms with Gasteiger partial charge in [0.25, 0.3) is 0 Å². The van der Waals surface area contributed by atoms with Crippen LogP contribution in [0.25, 0.3) is 10.2 Å². The number of aryl methyl sites for hydroxylation is 2. The van der Waals surface area contributed by atoms with E-state index in [4.69, 9.17) is 11.6 Å². The first-order chi connectivity index (χ1) is 11.0. The number of fused-ring (bicyclic) bond motifs is 1. The van der Waals surface area contributed by atoms with Crippen molar-refractivity contribution in [2.24, 2.45) is 0 Å². The van der Waals surface area contributed by atoms with E-state index >= 15 is 0 Å². The van der Waals surface area contributed by atoms with E-state index in [1.54, 1.807) is 0 Å². The molecule has 0 bridgehead atoms. The molecule has 3 nitrogen and oxygen atoms in total. The van der Waals surface area contributed by atoms with Gasteiger partial charge in [-0.15, -0.1) is 11.8 Å². The number of nitrogens with one attached hydrogen (secondary N) is 1. The lowest BCUT2D eigenvalue weighted by Crippen LogP contribution is -2.13. The lowest BCUT2D eigenvalue weighted by molar-refractivity contribution is -0.113. The highest BCUT2D eigenvalue weighted by molar-refractivity contribution is 8.00. The average Bonchev–Trinajstić information content (AvgIpc) is 2.89. The van der Waals surface area contributed by atoms with Crippen molar-refractivity contribution in [1.29, 1.82) is 0 Å². The van der Waals surface area contributed by atoms with Crippen LogP contribution in [0.1, 0.15) is 11.1 Å². The number of carbonyl (C=O) groups excluding carboxylic acids is 1. The lowest BCUT2D eigenvalue weighted by Gasteiger charge is -2.02. The number of amides is 1. The SMILES string of the molecule is Cc1ccc(SCC(=O)Nc2nc3c(C)cc(Cl)cc3s2)cc1. The molecule has 1 N–H and O–H groups in total. The van der Waals surface area contributed by atoms with Crippen molar-refractivity contribution in [2.45, 2.75) is 18.7 Å². The summed E-state index contributed by atoms with van der Waals surface area (Å²) in [6.07, 6.45) is 0. The molecule has 1 amide bonds. The number of benzene rings is 2. The molecule has 118 valence electrons. The Morgan fingerprint density at radius 1 is 1.26 bits per heavy atom. The smallest absolute Gasteiger partial charge is 0.236 e. The Morgan fingerprint density at radius 2 is 2.00 bits per heavy atom. The van der Waals surface area contributed by atoms with E-state index in [1.807, 2.05) is 50.2 Å². The van der Waals surface area contributed by atoms with Crippen molar-refractivity contribution in [2.75, 3.05) is 11.1 Å². The van der Waals surface area contributed by atoms with Gasteiger partial charge in [0.1, 0.15) is 0 Å². The summed E-state index contributed by atoms with van der Waals surface area (Å²) < 4.78 is 0.983. The van der Waals surface area contributed by atoms with E-state index < -0.39 is 0 Å². The van der Waals surface area contributed by atoms with Crippen LogP contribution in [0, 0.1) is 13.8 Å². The second-order valence-corrected chi connectivity index (χ2v) is 7.75. The summed E-state index contributed by atoms with van der Waals surface area (Å²) in [5, 5.41) is 4.16. The van der Waals surface area contributed by atoms with Gasteiger partial charge in [0.05, 0.1) is 16.0 Å². The zero-order valence-corrected chi connectivity index (χ0v) is 15.1. The Morgan fingerprint density at radius 3 is 2.74 bits per heavy atom. The molecule has 2 aromatic carbocycles. The number of carbonyl (C=O) groups is 1. The Hall–Kier alpha value is -1.56. The molecule has 0 aliphatic heterocycles. The summed E-state index contributed by atoms with van der Waals surface area (Å²) in [7, 11) is 0. The van der Waals surface area contributed by atoms with Crippen LogP contribution >= 0.6 is 34.7 Å². The molecule has 3 aromatic rings. The number of anilines is 1. The van der Waals surface area contributed by atoms with E-state index in [-0.39, 0.29) is 5.91 Å². The largest absolute Gasteiger partial charge is 0.301 e. The van der Waals surface area contributed by atoms with Crippen molar-refractivity contribution in [1.82, 2.24) is 4.98 Å². The molecule has 1 aromatic heterocycles. The second-order valence-electron chi connectivity index (χ2n) is 5.24. The quantitative estimate of drug-likeness (QED) is 0.640. The number of nitrogens with zero attached hydrogens (tertiary/aromatic N) is 1. The first-order valence-electron chi connectivity index (χ1n) is 7.07. The number of hydrogen-bond acceptors (Lipinski definition) is 4. The topological polar surface area (TPSA) is 42.0 Å². The van der Waals surface area contributed by atoms with Crippen LogP contribution in [-0.4, -0.2) is 16.6 Å². The lowest BCUT2D eigenvalue weighted by atomic mass is 10.2. The van der Waals surface area contributed by atoms with Crippen molar-refractivity contribution in [3.05, 3.63) is 52.5 Å². The number of halogens is 1. The van der Waals surface area contributed by atoms with Crippen LogP contribution in [-0.2, 0) is 4.79 Å². The molecule has 1 heterocycles. The summed E-state index contributed by atoms with van der Waals surface area (Å²) in [5.41, 5.74) is 3.11. The van der Waals surface area contributed by atoms with Gasteiger partial charge in [0.2, 0.25) is 5.91 Å². The van der Waals surface area contributed by atoms with Gasteiger partial charge in [-0.2, -0.15) is 0 Å². The highest BCUT2D eigenvalue weighted by Crippen LogP contribution is 2.31. The molecule has 0 radical (unpaired) electrons. The standard InChI is InChI=1S/C17H15ClN2OS2/c1-10-3-5-13(6-4-10)22-9-15(21)19-17-20-16-11(2)7-12(18)8-14(16)23-17/h3-8H,9H2,1-2H3,(H,19,20,21). The van der Waals surface area contributed by atoms with Crippen molar-refractivity contribution >= 4 is 56.0 Å². The minimum Gasteiger partial charge on any atom is -0.301 e. The first-order valence-corrected chi connectivity index (χ1v) is 9.25. The zero-order valence-electron chi connectivity index (χ0n) is 12.7. The van der Waals surface area contributed by atoms with Crippen LogP contribution in [0.3, 0.4) is 0 Å². The number of aromatic nitrogens is 1. The summed E-state index contributed by atoms with van der Waals surface area (Å²) >= 11 is 9.01. The van der Waals surface area contributed by atoms with Crippen LogP contribution in [0.5, 0.6) is 0 Å². The van der Waals surface area contributed by atoms with Gasteiger partial charge in [0, 0.05) is 9.92 Å². The van der Waals surface area contributed by atoms with Gasteiger partial charge in [0.15, 0.2) is 5.13 Å². The zero-order chi connectivity index (χ0) is 16.4. The number of thiazole rings is 1. The molecule has 0 aliphatic rings. The molecular formula is C17H15ClN2OS2. The van der Waals surface area contributed by atoms with Crippen molar-refractivity contribution < 1.29 is 4.79 Å². The second kappa shape index (κ2) is 6.91. The van der Waals surface area contributed by atoms with Gasteiger partial charge < -0.3 is 5.32 Å². The minimum absolute atomic E-state index is 0.0571. The molecule has 0 aliphatic carbocycles. The summed E-state index contributed by atoms with van der Waals surface area (Å²) in [6, 6.07) is 11.9. The fourth-order valence-electron chi connectivity index (χ4n) is 2.15. The average molecular weight is 363 g/mol. The molecule has 23 heavy (non-hydrogen) atoms. The highest BCUT2D eigenvalue weighted by atomic mass is 35.5. The monoisotopic (exact) mass is 362 g/mol. The predicted molar refractivity (Wildman–Crippen MR) is 99.9 cm³/mol. The van der Waals surface area contributed by atoms with Crippen LogP contribution in [0.15, 0.2) is 41.3 Å². The van der Waals surface area contributed by atoms with Gasteiger partial charge in [-0.3, -0.25) is 4.79 Å². The third kappa shape index (κ3) is 4.05. The Bertz CT molecular complexity index is 859. The van der Waals surface area contributed by atoms with E-state index in [1.165, 1.54) is 28.7 Å². The van der Waals surface area contributed by atoms with Crippen LogP contribution in [0.2, 0.25) is 5.02 Å². The fourth-order valence-corrected chi connectivity index (χ4v) is 4.18. The van der Waals surface area contributed by atoms with Crippen molar-refractivity contribution in [3.63, 3.8) is 0 Å². The fraction of sp³-hybridized carbons (Fsp3) is 0.176. The highest BCUT2D eigenvalue weighted by Gasteiger charge is 2.10. The molecule has 3 rings (SSSR count). The van der Waals surface area contributed by atoms with E-state index in [0.29, 0.717) is 15.9 Å². The maximum atomic E-state index is 12.1. The molecule has 0 unspecified atom stereocenters. The normalized spacial score (nSPS) is 10.9. The van der Waals surface area contributed by atoms with Gasteiger partial charge in [-0.25, -0.2) is 4.98 Å². The molecule has 0 spiro atoms. The van der Waals surface area contributed by atoms with Gasteiger partial charge in [-0.05, 0) is 43.7 Å². The Kier molecular flexibility index (Phi) is 4.90. The summed E-state index contributed by atoms with van der Waals surface area (Å²) in [5.74, 6) is 0.303. The van der Waals surface area contributed by atoms with Crippen LogP contribution < -0.4 is 5.32 Å². The number of rotatable bonds is 4. The third-order valence-corrected chi connectivity index (χ3v) is 5.44. The number of thioether (sulfide) groups is 1. The predicted octanol–water partition coefficient (Wildman–Crippen LogP) is 5.30. The van der Waals surface area contributed by atoms with Gasteiger partial charge >= 0.3 is 0 Å². The van der Waals surface area contributed by atoms with E-state index in [9.17, 15) is 4.79 Å². The first kappa shape index (κ1) is 16.3. The molecule has 0 fully saturated rings. The maximum Gasteiger partial charge on any atom is 0.236 e. The van der Waals surface area contributed by atoms with E-state index in [2.05, 4.69) is 10.3 Å². The molecule has 0 atom stereocenters. The molecular weight excluding hydrogens is 348 g/mol. The maximum absolute atomic E-state index is 12.1. The summed E-state index contributed by atoms with van der Waals surface area (Å²) in [4.78, 5) is 17.6. The Labute approximate surface area is 148 Å². The van der Waals surface area contributed by atoms with Gasteiger partial charge in [-0.1, -0.05) is 40.6 Å². The van der Waals surface area contributed by atoms with E-state index in [0.717, 1.165) is 20.7 Å². The summed E-state index contributed by atoms with van der Waals surface area (Å²) in [6.45, 7) is 4.01. The molecule has 0 saturated heterocycles. The number of hydrogen-bond donors (Lipinski definition) is 1. The van der Waals surface area contributed by atoms with Crippen LogP contribution in [0.4, 0.5) is 5.13 Å². The minimum atomic E-state index is -0.0571. The Balaban J connectivity index is 1.65. The molecule has 0 saturated carbocycles.